The monoisotopic (exact) mass is 371 g/mol. The molecule has 0 saturated carbocycles. The second kappa shape index (κ2) is 8.79. The summed E-state index contributed by atoms with van der Waals surface area (Å²) in [5.41, 5.74) is 1.17. The Morgan fingerprint density at radius 2 is 1.85 bits per heavy atom. The lowest BCUT2D eigenvalue weighted by molar-refractivity contribution is -0.384. The lowest BCUT2D eigenvalue weighted by atomic mass is 10.1. The van der Waals surface area contributed by atoms with E-state index in [1.54, 1.807) is 19.0 Å². The van der Waals surface area contributed by atoms with Crippen LogP contribution in [0.2, 0.25) is 0 Å². The number of hydrogen-bond acceptors (Lipinski definition) is 6. The van der Waals surface area contributed by atoms with E-state index in [9.17, 15) is 19.7 Å². The minimum Gasteiger partial charge on any atom is -0.449 e. The van der Waals surface area contributed by atoms with Crippen molar-refractivity contribution >= 4 is 23.3 Å². The third kappa shape index (κ3) is 5.27. The van der Waals surface area contributed by atoms with Crippen molar-refractivity contribution in [2.45, 2.75) is 19.6 Å². The Bertz CT molecular complexity index is 836. The fourth-order valence-electron chi connectivity index (χ4n) is 2.40. The third-order valence-corrected chi connectivity index (χ3v) is 3.86. The van der Waals surface area contributed by atoms with Gasteiger partial charge in [-0.3, -0.25) is 14.9 Å². The number of non-ortho nitro benzene ring substituents is 1. The van der Waals surface area contributed by atoms with Crippen molar-refractivity contribution in [2.24, 2.45) is 0 Å². The molecule has 0 aliphatic rings. The number of nitrogens with one attached hydrogen (secondary N) is 1. The third-order valence-electron chi connectivity index (χ3n) is 3.86. The van der Waals surface area contributed by atoms with Gasteiger partial charge in [0.15, 0.2) is 6.10 Å². The number of ether oxygens (including phenoxy) is 1. The van der Waals surface area contributed by atoms with Gasteiger partial charge in [0.1, 0.15) is 0 Å². The lowest BCUT2D eigenvalue weighted by Gasteiger charge is -2.18. The molecule has 0 spiro atoms. The van der Waals surface area contributed by atoms with Crippen molar-refractivity contribution in [2.75, 3.05) is 19.0 Å². The van der Waals surface area contributed by atoms with E-state index >= 15 is 0 Å². The molecular weight excluding hydrogens is 350 g/mol. The summed E-state index contributed by atoms with van der Waals surface area (Å²) < 4.78 is 5.21. The van der Waals surface area contributed by atoms with Crippen LogP contribution in [0, 0.1) is 10.1 Å². The summed E-state index contributed by atoms with van der Waals surface area (Å²) in [5.74, 6) is -1.26. The molecule has 0 aliphatic heterocycles. The number of anilines is 1. The second-order valence-corrected chi connectivity index (χ2v) is 6.10. The predicted octanol–water partition coefficient (Wildman–Crippen LogP) is 2.52. The number of benzene rings is 2. The average molecular weight is 371 g/mol. The van der Waals surface area contributed by atoms with Crippen LogP contribution in [0.4, 0.5) is 11.4 Å². The zero-order valence-electron chi connectivity index (χ0n) is 15.3. The summed E-state index contributed by atoms with van der Waals surface area (Å²) in [6, 6.07) is 13.2. The van der Waals surface area contributed by atoms with E-state index in [-0.39, 0.29) is 11.3 Å². The van der Waals surface area contributed by atoms with E-state index in [1.807, 2.05) is 30.3 Å². The molecular formula is C19H21N3O5. The molecule has 1 amide bonds. The zero-order chi connectivity index (χ0) is 20.0. The smallest absolute Gasteiger partial charge is 0.341 e. The molecule has 8 nitrogen and oxygen atoms in total. The molecule has 0 aromatic heterocycles. The number of nitro groups is 1. The van der Waals surface area contributed by atoms with Gasteiger partial charge in [-0.1, -0.05) is 30.3 Å². The molecule has 0 saturated heterocycles. The van der Waals surface area contributed by atoms with Crippen molar-refractivity contribution < 1.29 is 19.2 Å². The van der Waals surface area contributed by atoms with Crippen LogP contribution >= 0.6 is 0 Å². The highest BCUT2D eigenvalue weighted by Crippen LogP contribution is 2.25. The van der Waals surface area contributed by atoms with Crippen LogP contribution in [0.5, 0.6) is 0 Å². The maximum absolute atomic E-state index is 12.5. The van der Waals surface area contributed by atoms with Crippen LogP contribution in [0.1, 0.15) is 22.8 Å². The molecule has 2 aromatic carbocycles. The van der Waals surface area contributed by atoms with Crippen LogP contribution in [-0.4, -0.2) is 37.0 Å². The van der Waals surface area contributed by atoms with Gasteiger partial charge in [-0.2, -0.15) is 0 Å². The van der Waals surface area contributed by atoms with Gasteiger partial charge < -0.3 is 15.0 Å². The van der Waals surface area contributed by atoms with E-state index in [2.05, 4.69) is 5.32 Å². The van der Waals surface area contributed by atoms with Gasteiger partial charge in [-0.25, -0.2) is 4.79 Å². The summed E-state index contributed by atoms with van der Waals surface area (Å²) in [7, 11) is 3.40. The molecule has 1 atom stereocenters. The SMILES string of the molecule is C[C@@H](OC(=O)c1cc([N+](=O)[O-])ccc1N(C)C)C(=O)NCc1ccccc1. The van der Waals surface area contributed by atoms with E-state index in [1.165, 1.54) is 19.1 Å². The zero-order valence-corrected chi connectivity index (χ0v) is 15.3. The lowest BCUT2D eigenvalue weighted by Crippen LogP contribution is -2.35. The first kappa shape index (κ1) is 19.9. The van der Waals surface area contributed by atoms with Crippen molar-refractivity contribution in [3.63, 3.8) is 0 Å². The normalized spacial score (nSPS) is 11.4. The Hall–Kier alpha value is -3.42. The first-order chi connectivity index (χ1) is 12.8. The molecule has 0 fully saturated rings. The van der Waals surface area contributed by atoms with Crippen molar-refractivity contribution in [1.82, 2.24) is 5.32 Å². The van der Waals surface area contributed by atoms with Crippen LogP contribution in [-0.2, 0) is 16.1 Å². The quantitative estimate of drug-likeness (QED) is 0.456. The summed E-state index contributed by atoms with van der Waals surface area (Å²) in [6.45, 7) is 1.76. The molecule has 142 valence electrons. The number of rotatable bonds is 7. The summed E-state index contributed by atoms with van der Waals surface area (Å²) in [4.78, 5) is 36.7. The van der Waals surface area contributed by atoms with Gasteiger partial charge >= 0.3 is 5.97 Å². The molecule has 0 aliphatic carbocycles. The van der Waals surface area contributed by atoms with Gasteiger partial charge in [0.25, 0.3) is 11.6 Å². The molecule has 27 heavy (non-hydrogen) atoms. The summed E-state index contributed by atoms with van der Waals surface area (Å²) in [6.07, 6.45) is -1.05. The summed E-state index contributed by atoms with van der Waals surface area (Å²) >= 11 is 0. The second-order valence-electron chi connectivity index (χ2n) is 6.10. The minimum atomic E-state index is -1.05. The number of esters is 1. The number of amides is 1. The first-order valence-electron chi connectivity index (χ1n) is 8.28. The molecule has 2 rings (SSSR count). The molecule has 0 radical (unpaired) electrons. The number of carbonyl (C=O) groups excluding carboxylic acids is 2. The van der Waals surface area contributed by atoms with Gasteiger partial charge in [0.2, 0.25) is 0 Å². The molecule has 8 heteroatoms. The molecule has 0 bridgehead atoms. The Morgan fingerprint density at radius 3 is 2.44 bits per heavy atom. The van der Waals surface area contributed by atoms with Crippen molar-refractivity contribution in [3.8, 4) is 0 Å². The van der Waals surface area contributed by atoms with Gasteiger partial charge in [0, 0.05) is 32.8 Å². The average Bonchev–Trinajstić information content (AvgIpc) is 2.66. The standard InChI is InChI=1S/C19H21N3O5/c1-13(18(23)20-12-14-7-5-4-6-8-14)27-19(24)16-11-15(22(25)26)9-10-17(16)21(2)3/h4-11,13H,12H2,1-3H3,(H,20,23)/t13-/m1/s1. The molecule has 0 unspecified atom stereocenters. The van der Waals surface area contributed by atoms with E-state index in [0.29, 0.717) is 12.2 Å². The van der Waals surface area contributed by atoms with Crippen molar-refractivity contribution in [3.05, 3.63) is 69.8 Å². The largest absolute Gasteiger partial charge is 0.449 e. The number of carbonyl (C=O) groups is 2. The Kier molecular flexibility index (Phi) is 6.48. The fourth-order valence-corrected chi connectivity index (χ4v) is 2.40. The number of hydrogen-bond donors (Lipinski definition) is 1. The summed E-state index contributed by atoms with van der Waals surface area (Å²) in [5, 5.41) is 13.7. The highest BCUT2D eigenvalue weighted by molar-refractivity contribution is 5.98. The van der Waals surface area contributed by atoms with E-state index < -0.39 is 22.9 Å². The minimum absolute atomic E-state index is 0.0249. The molecule has 1 N–H and O–H groups in total. The highest BCUT2D eigenvalue weighted by Gasteiger charge is 2.23. The maximum atomic E-state index is 12.5. The number of nitrogens with zero attached hydrogens (tertiary/aromatic N) is 2. The Balaban J connectivity index is 2.07. The Morgan fingerprint density at radius 1 is 1.19 bits per heavy atom. The van der Waals surface area contributed by atoms with Crippen LogP contribution in [0.25, 0.3) is 0 Å². The first-order valence-corrected chi connectivity index (χ1v) is 8.28. The fraction of sp³-hybridized carbons (Fsp3) is 0.263. The van der Waals surface area contributed by atoms with Crippen molar-refractivity contribution in [1.29, 1.82) is 0 Å². The van der Waals surface area contributed by atoms with Crippen LogP contribution in [0.15, 0.2) is 48.5 Å². The van der Waals surface area contributed by atoms with Crippen LogP contribution < -0.4 is 10.2 Å². The van der Waals surface area contributed by atoms with E-state index in [0.717, 1.165) is 11.6 Å². The van der Waals surface area contributed by atoms with Crippen LogP contribution in [0.3, 0.4) is 0 Å². The highest BCUT2D eigenvalue weighted by atomic mass is 16.6. The van der Waals surface area contributed by atoms with E-state index in [4.69, 9.17) is 4.74 Å². The maximum Gasteiger partial charge on any atom is 0.341 e. The molecule has 0 heterocycles. The topological polar surface area (TPSA) is 102 Å². The Labute approximate surface area is 156 Å². The van der Waals surface area contributed by atoms with Gasteiger partial charge in [-0.05, 0) is 18.6 Å². The van der Waals surface area contributed by atoms with Gasteiger partial charge in [-0.15, -0.1) is 0 Å². The number of nitro benzene ring substituents is 1. The van der Waals surface area contributed by atoms with Gasteiger partial charge in [0.05, 0.1) is 16.2 Å². The predicted molar refractivity (Wildman–Crippen MR) is 101 cm³/mol. The molecule has 2 aromatic rings.